The summed E-state index contributed by atoms with van der Waals surface area (Å²) >= 11 is 0. The lowest BCUT2D eigenvalue weighted by molar-refractivity contribution is -0.305. The fraction of sp³-hybridized carbons (Fsp3) is 0.871. The number of hydrogen-bond donors (Lipinski definition) is 6. The Morgan fingerprint density at radius 2 is 0.904 bits per heavy atom. The van der Waals surface area contributed by atoms with Crippen LogP contribution in [0, 0.1) is 0 Å². The van der Waals surface area contributed by atoms with Gasteiger partial charge in [-0.15, -0.1) is 0 Å². The van der Waals surface area contributed by atoms with Crippen molar-refractivity contribution >= 4 is 11.9 Å². The first-order valence-corrected chi connectivity index (χ1v) is 30.8. The van der Waals surface area contributed by atoms with Gasteiger partial charge in [-0.25, -0.2) is 0 Å². The number of allylic oxidation sites excluding steroid dienone is 5. The average Bonchev–Trinajstić information content (AvgIpc) is 3.39. The molecule has 0 aromatic rings. The van der Waals surface area contributed by atoms with Crippen LogP contribution >= 0.6 is 0 Å². The molecule has 1 saturated heterocycles. The van der Waals surface area contributed by atoms with Crippen LogP contribution in [0.15, 0.2) is 36.5 Å². The van der Waals surface area contributed by atoms with Gasteiger partial charge in [-0.1, -0.05) is 237 Å². The summed E-state index contributed by atoms with van der Waals surface area (Å²) in [6, 6.07) is -1.03. The minimum Gasteiger partial charge on any atom is -0.454 e. The van der Waals surface area contributed by atoms with Crippen LogP contribution in [0.5, 0.6) is 0 Å². The van der Waals surface area contributed by atoms with Gasteiger partial charge in [-0.05, 0) is 77.0 Å². The van der Waals surface area contributed by atoms with Crippen molar-refractivity contribution in [3.63, 3.8) is 0 Å². The Kier molecular flexibility index (Phi) is 47.8. The third-order valence-electron chi connectivity index (χ3n) is 14.5. The number of ether oxygens (including phenoxy) is 3. The molecule has 1 fully saturated rings. The predicted molar refractivity (Wildman–Crippen MR) is 301 cm³/mol. The molecule has 73 heavy (non-hydrogen) atoms. The third kappa shape index (κ3) is 39.0. The number of nitrogens with one attached hydrogen (secondary N) is 1. The van der Waals surface area contributed by atoms with E-state index in [9.17, 15) is 35.1 Å². The van der Waals surface area contributed by atoms with Gasteiger partial charge in [-0.3, -0.25) is 9.59 Å². The molecule has 0 saturated carbocycles. The van der Waals surface area contributed by atoms with E-state index in [2.05, 4.69) is 50.4 Å². The largest absolute Gasteiger partial charge is 0.454 e. The maximum Gasteiger partial charge on any atom is 0.306 e. The van der Waals surface area contributed by atoms with Crippen molar-refractivity contribution in [1.29, 1.82) is 0 Å². The molecule has 0 aliphatic carbocycles. The SMILES string of the molecule is CCCCCCCC/C=C\CCCCC(O)C(=O)NC(COC1OC(CO)C(O)C(O)C1OC(=O)CCCCCCCCCCCCC/C=C/CCCCCCCC)C(O)/C=C/CCCCCCCCCCC. The molecule has 0 bridgehead atoms. The van der Waals surface area contributed by atoms with Gasteiger partial charge < -0.3 is 45.1 Å². The van der Waals surface area contributed by atoms with Crippen LogP contribution in [0.2, 0.25) is 0 Å². The van der Waals surface area contributed by atoms with Crippen molar-refractivity contribution in [3.8, 4) is 0 Å². The third-order valence-corrected chi connectivity index (χ3v) is 14.5. The fourth-order valence-corrected chi connectivity index (χ4v) is 9.58. The smallest absolute Gasteiger partial charge is 0.306 e. The highest BCUT2D eigenvalue weighted by Crippen LogP contribution is 2.26. The van der Waals surface area contributed by atoms with E-state index in [1.54, 1.807) is 6.08 Å². The van der Waals surface area contributed by atoms with Crippen LogP contribution in [0.25, 0.3) is 0 Å². The molecule has 428 valence electrons. The normalized spacial score (nSPS) is 19.6. The molecule has 0 aromatic heterocycles. The topological polar surface area (TPSA) is 175 Å². The Labute approximate surface area is 447 Å². The summed E-state index contributed by atoms with van der Waals surface area (Å²) < 4.78 is 17.6. The number of hydrogen-bond acceptors (Lipinski definition) is 10. The summed E-state index contributed by atoms with van der Waals surface area (Å²) in [6.45, 7) is 5.76. The minimum absolute atomic E-state index is 0.123. The maximum atomic E-state index is 13.3. The Balaban J connectivity index is 2.63. The van der Waals surface area contributed by atoms with E-state index in [1.807, 2.05) is 6.08 Å². The summed E-state index contributed by atoms with van der Waals surface area (Å²) in [5, 5.41) is 56.8. The zero-order valence-electron chi connectivity index (χ0n) is 47.3. The highest BCUT2D eigenvalue weighted by molar-refractivity contribution is 5.80. The first-order valence-electron chi connectivity index (χ1n) is 30.8. The minimum atomic E-state index is -1.61. The van der Waals surface area contributed by atoms with Crippen molar-refractivity contribution in [1.82, 2.24) is 5.32 Å². The Morgan fingerprint density at radius 3 is 1.33 bits per heavy atom. The summed E-state index contributed by atoms with van der Waals surface area (Å²) in [4.78, 5) is 26.5. The molecule has 1 aliphatic heterocycles. The van der Waals surface area contributed by atoms with E-state index in [0.29, 0.717) is 12.8 Å². The summed E-state index contributed by atoms with van der Waals surface area (Å²) in [7, 11) is 0. The number of amides is 1. The molecule has 0 radical (unpaired) electrons. The van der Waals surface area contributed by atoms with E-state index >= 15 is 0 Å². The highest BCUT2D eigenvalue weighted by atomic mass is 16.7. The summed E-state index contributed by atoms with van der Waals surface area (Å²) in [6.07, 6.45) is 49.1. The van der Waals surface area contributed by atoms with Crippen molar-refractivity contribution in [3.05, 3.63) is 36.5 Å². The zero-order valence-corrected chi connectivity index (χ0v) is 47.3. The Hall–Kier alpha value is -2.12. The molecule has 0 spiro atoms. The van der Waals surface area contributed by atoms with Gasteiger partial charge >= 0.3 is 5.97 Å². The first-order chi connectivity index (χ1) is 35.7. The van der Waals surface area contributed by atoms with Crippen molar-refractivity contribution in [2.24, 2.45) is 0 Å². The van der Waals surface area contributed by atoms with E-state index in [1.165, 1.54) is 180 Å². The maximum absolute atomic E-state index is 13.3. The first kappa shape index (κ1) is 68.9. The standard InChI is InChI=1S/C62H115NO10/c1-4-7-10-13-16-19-22-24-25-26-27-28-29-30-31-32-35-38-41-44-47-50-57(67)73-60-59(69)58(68)56(51-64)72-62(60)71-52-53(54(65)48-45-42-39-36-33-21-18-15-12-9-6-3)63-61(70)55(66)49-46-43-40-37-34-23-20-17-14-11-8-5-2/h24-25,34,37,45,48,53-56,58-60,62,64-66,68-69H,4-23,26-33,35-36,38-44,46-47,49-52H2,1-3H3,(H,63,70)/b25-24+,37-34-,48-45+. The van der Waals surface area contributed by atoms with Crippen LogP contribution in [0.1, 0.15) is 284 Å². The highest BCUT2D eigenvalue weighted by Gasteiger charge is 2.47. The predicted octanol–water partition coefficient (Wildman–Crippen LogP) is 14.3. The van der Waals surface area contributed by atoms with Gasteiger partial charge in [0.05, 0.1) is 25.4 Å². The molecule has 8 atom stereocenters. The summed E-state index contributed by atoms with van der Waals surface area (Å²) in [5.41, 5.74) is 0. The van der Waals surface area contributed by atoms with E-state index in [4.69, 9.17) is 14.2 Å². The Morgan fingerprint density at radius 1 is 0.521 bits per heavy atom. The van der Waals surface area contributed by atoms with Crippen molar-refractivity contribution in [2.75, 3.05) is 13.2 Å². The molecular formula is C62H115NO10. The second-order valence-electron chi connectivity index (χ2n) is 21.4. The quantitative estimate of drug-likeness (QED) is 0.0195. The molecule has 1 heterocycles. The van der Waals surface area contributed by atoms with Crippen molar-refractivity contribution in [2.45, 2.75) is 333 Å². The van der Waals surface area contributed by atoms with Crippen LogP contribution in [0.3, 0.4) is 0 Å². The molecule has 1 rings (SSSR count). The number of carbonyl (C=O) groups excluding carboxylic acids is 2. The lowest BCUT2D eigenvalue weighted by Crippen LogP contribution is -2.61. The average molecular weight is 1030 g/mol. The van der Waals surface area contributed by atoms with Gasteiger partial charge in [0, 0.05) is 6.42 Å². The fourth-order valence-electron chi connectivity index (χ4n) is 9.58. The number of aliphatic hydroxyl groups excluding tert-OH is 5. The second-order valence-corrected chi connectivity index (χ2v) is 21.4. The summed E-state index contributed by atoms with van der Waals surface area (Å²) in [5.74, 6) is -1.21. The van der Waals surface area contributed by atoms with Crippen LogP contribution in [-0.2, 0) is 23.8 Å². The van der Waals surface area contributed by atoms with Gasteiger partial charge in [0.15, 0.2) is 12.4 Å². The van der Waals surface area contributed by atoms with Crippen LogP contribution in [0.4, 0.5) is 0 Å². The number of unbranched alkanes of at least 4 members (excludes halogenated alkanes) is 34. The lowest BCUT2D eigenvalue weighted by Gasteiger charge is -2.41. The molecule has 1 aliphatic rings. The zero-order chi connectivity index (χ0) is 53.3. The lowest BCUT2D eigenvalue weighted by atomic mass is 9.99. The number of carbonyl (C=O) groups is 2. The van der Waals surface area contributed by atoms with Gasteiger partial charge in [0.1, 0.15) is 24.4 Å². The van der Waals surface area contributed by atoms with Crippen LogP contribution in [-0.4, -0.2) is 99.6 Å². The molecule has 11 nitrogen and oxygen atoms in total. The number of rotatable bonds is 52. The van der Waals surface area contributed by atoms with Gasteiger partial charge in [0.25, 0.3) is 0 Å². The second kappa shape index (κ2) is 50.7. The molecule has 8 unspecified atom stereocenters. The monoisotopic (exact) mass is 1030 g/mol. The van der Waals surface area contributed by atoms with E-state index < -0.39 is 67.4 Å². The molecule has 11 heteroatoms. The van der Waals surface area contributed by atoms with E-state index in [0.717, 1.165) is 57.8 Å². The molecular weight excluding hydrogens is 919 g/mol. The molecule has 6 N–H and O–H groups in total. The van der Waals surface area contributed by atoms with Gasteiger partial charge in [0.2, 0.25) is 5.91 Å². The molecule has 1 amide bonds. The van der Waals surface area contributed by atoms with E-state index in [-0.39, 0.29) is 19.4 Å². The van der Waals surface area contributed by atoms with Gasteiger partial charge in [-0.2, -0.15) is 0 Å². The molecule has 0 aromatic carbocycles. The Bertz CT molecular complexity index is 1330. The van der Waals surface area contributed by atoms with Crippen LogP contribution < -0.4 is 5.32 Å². The number of esters is 1. The van der Waals surface area contributed by atoms with Crippen molar-refractivity contribution < 1.29 is 49.3 Å². The number of aliphatic hydroxyl groups is 5.